The van der Waals surface area contributed by atoms with Crippen LogP contribution in [0.4, 0.5) is 8.78 Å². The van der Waals surface area contributed by atoms with E-state index in [2.05, 4.69) is 15.6 Å². The molecule has 2 aromatic rings. The third-order valence-corrected chi connectivity index (χ3v) is 3.18. The van der Waals surface area contributed by atoms with Crippen LogP contribution in [0.1, 0.15) is 18.1 Å². The van der Waals surface area contributed by atoms with Crippen LogP contribution in [0.15, 0.2) is 47.5 Å². The summed E-state index contributed by atoms with van der Waals surface area (Å²) in [7, 11) is 0. The number of benzene rings is 2. The van der Waals surface area contributed by atoms with Gasteiger partial charge >= 0.3 is 0 Å². The Labute approximate surface area is 157 Å². The number of aliphatic imine (C=N–C) groups is 1. The average Bonchev–Trinajstić information content (AvgIpc) is 2.54. The van der Waals surface area contributed by atoms with Crippen LogP contribution in [0, 0.1) is 11.6 Å². The summed E-state index contributed by atoms with van der Waals surface area (Å²) in [6.45, 7) is 3.10. The van der Waals surface area contributed by atoms with Crippen LogP contribution in [0.3, 0.4) is 0 Å². The van der Waals surface area contributed by atoms with Crippen molar-refractivity contribution in [3.05, 3.63) is 65.2 Å². The highest BCUT2D eigenvalue weighted by Gasteiger charge is 2.04. The molecule has 0 heterocycles. The summed E-state index contributed by atoms with van der Waals surface area (Å²) < 4.78 is 26.9. The number of rotatable bonds is 5. The molecule has 3 N–H and O–H groups in total. The van der Waals surface area contributed by atoms with Crippen molar-refractivity contribution < 1.29 is 13.9 Å². The lowest BCUT2D eigenvalue weighted by molar-refractivity contribution is 0.432. The highest BCUT2D eigenvalue weighted by molar-refractivity contribution is 14.0. The molecular weight excluding hydrogens is 427 g/mol. The minimum Gasteiger partial charge on any atom is -0.505 e. The molecule has 24 heavy (non-hydrogen) atoms. The van der Waals surface area contributed by atoms with Crippen LogP contribution in [-0.2, 0) is 13.1 Å². The van der Waals surface area contributed by atoms with Crippen molar-refractivity contribution >= 4 is 29.9 Å². The van der Waals surface area contributed by atoms with Gasteiger partial charge in [-0.1, -0.05) is 24.3 Å². The maximum atomic E-state index is 13.6. The Hall–Kier alpha value is -1.90. The molecule has 0 aliphatic rings. The molecule has 0 fully saturated rings. The van der Waals surface area contributed by atoms with E-state index in [1.54, 1.807) is 24.3 Å². The summed E-state index contributed by atoms with van der Waals surface area (Å²) in [5, 5.41) is 15.2. The molecule has 0 radical (unpaired) electrons. The van der Waals surface area contributed by atoms with E-state index in [-0.39, 0.29) is 42.1 Å². The first-order valence-electron chi connectivity index (χ1n) is 7.33. The van der Waals surface area contributed by atoms with Gasteiger partial charge < -0.3 is 15.7 Å². The van der Waals surface area contributed by atoms with Crippen molar-refractivity contribution in [1.82, 2.24) is 10.6 Å². The van der Waals surface area contributed by atoms with Crippen molar-refractivity contribution in [3.63, 3.8) is 0 Å². The second kappa shape index (κ2) is 10.1. The highest BCUT2D eigenvalue weighted by atomic mass is 127. The molecule has 0 unspecified atom stereocenters. The van der Waals surface area contributed by atoms with E-state index in [0.717, 1.165) is 0 Å². The molecule has 0 aliphatic carbocycles. The highest BCUT2D eigenvalue weighted by Crippen LogP contribution is 2.16. The predicted octanol–water partition coefficient (Wildman–Crippen LogP) is 3.54. The lowest BCUT2D eigenvalue weighted by Gasteiger charge is -2.12. The minimum atomic E-state index is -0.679. The molecule has 0 atom stereocenters. The SMILES string of the molecule is CCNC(=NCc1ccc(O)c(F)c1)NCc1ccccc1F.I. The third-order valence-electron chi connectivity index (χ3n) is 3.18. The standard InChI is InChI=1S/C17H19F2N3O.HI/c1-2-20-17(22-11-13-5-3-4-6-14(13)18)21-10-12-7-8-16(23)15(19)9-12;/h3-9,23H,2,10-11H2,1H3,(H2,20,21,22);1H. The predicted molar refractivity (Wildman–Crippen MR) is 102 cm³/mol. The summed E-state index contributed by atoms with van der Waals surface area (Å²) in [6, 6.07) is 10.6. The van der Waals surface area contributed by atoms with Gasteiger partial charge in [0, 0.05) is 18.7 Å². The largest absolute Gasteiger partial charge is 0.505 e. The number of hydrogen-bond acceptors (Lipinski definition) is 2. The number of aromatic hydroxyl groups is 1. The first kappa shape index (κ1) is 20.1. The molecule has 0 bridgehead atoms. The molecule has 130 valence electrons. The Bertz CT molecular complexity index is 695. The molecule has 0 amide bonds. The fourth-order valence-electron chi connectivity index (χ4n) is 1.98. The van der Waals surface area contributed by atoms with Gasteiger partial charge in [-0.2, -0.15) is 0 Å². The van der Waals surface area contributed by atoms with E-state index in [0.29, 0.717) is 30.2 Å². The van der Waals surface area contributed by atoms with Crippen molar-refractivity contribution in [2.24, 2.45) is 4.99 Å². The fraction of sp³-hybridized carbons (Fsp3) is 0.235. The van der Waals surface area contributed by atoms with Crippen LogP contribution in [-0.4, -0.2) is 17.6 Å². The second-order valence-electron chi connectivity index (χ2n) is 4.93. The minimum absolute atomic E-state index is 0. The number of guanidine groups is 1. The number of phenolic OH excluding ortho intramolecular Hbond substituents is 1. The zero-order chi connectivity index (χ0) is 16.7. The average molecular weight is 447 g/mol. The summed E-state index contributed by atoms with van der Waals surface area (Å²) in [4.78, 5) is 4.32. The number of halogens is 3. The Kier molecular flexibility index (Phi) is 8.45. The molecule has 2 rings (SSSR count). The Balaban J connectivity index is 0.00000288. The second-order valence-corrected chi connectivity index (χ2v) is 4.93. The first-order chi connectivity index (χ1) is 11.1. The maximum absolute atomic E-state index is 13.6. The van der Waals surface area contributed by atoms with Gasteiger partial charge in [0.1, 0.15) is 5.82 Å². The van der Waals surface area contributed by atoms with Gasteiger partial charge in [0.15, 0.2) is 17.5 Å². The number of hydrogen-bond donors (Lipinski definition) is 3. The van der Waals surface area contributed by atoms with Crippen molar-refractivity contribution in [2.45, 2.75) is 20.0 Å². The molecule has 0 saturated heterocycles. The van der Waals surface area contributed by atoms with E-state index in [9.17, 15) is 13.9 Å². The van der Waals surface area contributed by atoms with E-state index in [4.69, 9.17) is 0 Å². The van der Waals surface area contributed by atoms with Crippen LogP contribution in [0.25, 0.3) is 0 Å². The van der Waals surface area contributed by atoms with Crippen LogP contribution >= 0.6 is 24.0 Å². The quantitative estimate of drug-likeness (QED) is 0.374. The third kappa shape index (κ3) is 5.95. The first-order valence-corrected chi connectivity index (χ1v) is 7.33. The van der Waals surface area contributed by atoms with Crippen LogP contribution in [0.5, 0.6) is 5.75 Å². The van der Waals surface area contributed by atoms with Gasteiger partial charge in [-0.05, 0) is 30.7 Å². The monoisotopic (exact) mass is 447 g/mol. The van der Waals surface area contributed by atoms with E-state index < -0.39 is 5.82 Å². The Morgan fingerprint density at radius 2 is 1.83 bits per heavy atom. The summed E-state index contributed by atoms with van der Waals surface area (Å²) in [5.41, 5.74) is 1.16. The molecule has 0 aromatic heterocycles. The van der Waals surface area contributed by atoms with Crippen LogP contribution in [0.2, 0.25) is 0 Å². The van der Waals surface area contributed by atoms with E-state index in [1.807, 2.05) is 6.92 Å². The lowest BCUT2D eigenvalue weighted by atomic mass is 10.2. The Morgan fingerprint density at radius 3 is 2.50 bits per heavy atom. The molecule has 7 heteroatoms. The van der Waals surface area contributed by atoms with Gasteiger partial charge in [-0.15, -0.1) is 24.0 Å². The Morgan fingerprint density at radius 1 is 1.08 bits per heavy atom. The zero-order valence-electron chi connectivity index (χ0n) is 13.2. The van der Waals surface area contributed by atoms with Gasteiger partial charge in [0.05, 0.1) is 6.54 Å². The molecule has 0 saturated carbocycles. The van der Waals surface area contributed by atoms with Gasteiger partial charge in [-0.3, -0.25) is 0 Å². The van der Waals surface area contributed by atoms with Crippen LogP contribution < -0.4 is 10.6 Å². The van der Waals surface area contributed by atoms with Crippen molar-refractivity contribution in [1.29, 1.82) is 0 Å². The number of nitrogens with zero attached hydrogens (tertiary/aromatic N) is 1. The number of nitrogens with one attached hydrogen (secondary N) is 2. The molecular formula is C17H20F2IN3O. The summed E-state index contributed by atoms with van der Waals surface area (Å²) in [5.74, 6) is -0.843. The van der Waals surface area contributed by atoms with Gasteiger partial charge in [-0.25, -0.2) is 13.8 Å². The molecule has 4 nitrogen and oxygen atoms in total. The lowest BCUT2D eigenvalue weighted by Crippen LogP contribution is -2.37. The molecule has 0 aliphatic heterocycles. The van der Waals surface area contributed by atoms with Gasteiger partial charge in [0.25, 0.3) is 0 Å². The zero-order valence-corrected chi connectivity index (χ0v) is 15.6. The normalized spacial score (nSPS) is 10.9. The summed E-state index contributed by atoms with van der Waals surface area (Å²) >= 11 is 0. The topological polar surface area (TPSA) is 56.7 Å². The van der Waals surface area contributed by atoms with E-state index in [1.165, 1.54) is 18.2 Å². The van der Waals surface area contributed by atoms with E-state index >= 15 is 0 Å². The smallest absolute Gasteiger partial charge is 0.191 e. The fourth-order valence-corrected chi connectivity index (χ4v) is 1.98. The molecule has 0 spiro atoms. The summed E-state index contributed by atoms with van der Waals surface area (Å²) in [6.07, 6.45) is 0. The molecule has 2 aromatic carbocycles. The van der Waals surface area contributed by atoms with Crippen molar-refractivity contribution in [3.8, 4) is 5.75 Å². The van der Waals surface area contributed by atoms with Gasteiger partial charge in [0.2, 0.25) is 0 Å². The van der Waals surface area contributed by atoms with Crippen molar-refractivity contribution in [2.75, 3.05) is 6.54 Å². The number of phenols is 1. The maximum Gasteiger partial charge on any atom is 0.191 e.